The maximum absolute atomic E-state index is 13.3. The lowest BCUT2D eigenvalue weighted by atomic mass is 9.99. The summed E-state index contributed by atoms with van der Waals surface area (Å²) in [4.78, 5) is 15.3. The largest absolute Gasteiger partial charge is 0.493 e. The van der Waals surface area contributed by atoms with Crippen molar-refractivity contribution in [2.45, 2.75) is 30.2 Å². The second-order valence-electron chi connectivity index (χ2n) is 7.72. The van der Waals surface area contributed by atoms with Gasteiger partial charge in [-0.1, -0.05) is 11.6 Å². The summed E-state index contributed by atoms with van der Waals surface area (Å²) in [5, 5.41) is 14.8. The van der Waals surface area contributed by atoms with Crippen LogP contribution in [0.1, 0.15) is 45.9 Å². The van der Waals surface area contributed by atoms with Gasteiger partial charge in [-0.15, -0.1) is 0 Å². The number of methoxy groups -OCH3 is 1. The zero-order valence-electron chi connectivity index (χ0n) is 17.5. The zero-order valence-corrected chi connectivity index (χ0v) is 19.0. The van der Waals surface area contributed by atoms with Crippen LogP contribution in [-0.2, 0) is 28.2 Å². The number of benzene rings is 1. The number of sulfone groups is 1. The summed E-state index contributed by atoms with van der Waals surface area (Å²) in [5.74, 6) is -0.540. The van der Waals surface area contributed by atoms with Crippen LogP contribution >= 0.6 is 11.6 Å². The first-order valence-corrected chi connectivity index (χ1v) is 11.8. The summed E-state index contributed by atoms with van der Waals surface area (Å²) in [6.07, 6.45) is 2.93. The average Bonchev–Trinajstić information content (AvgIpc) is 3.46. The highest BCUT2D eigenvalue weighted by molar-refractivity contribution is 7.90. The monoisotopic (exact) mass is 455 g/mol. The summed E-state index contributed by atoms with van der Waals surface area (Å²) in [6, 6.07) is 2.81. The number of rotatable bonds is 9. The summed E-state index contributed by atoms with van der Waals surface area (Å²) < 4.78 is 31.0. The van der Waals surface area contributed by atoms with Crippen molar-refractivity contribution in [3.63, 3.8) is 0 Å². The van der Waals surface area contributed by atoms with Crippen LogP contribution in [0.5, 0.6) is 5.88 Å². The van der Waals surface area contributed by atoms with Gasteiger partial charge in [-0.3, -0.25) is 9.69 Å². The summed E-state index contributed by atoms with van der Waals surface area (Å²) in [5.41, 5.74) is 1.18. The number of ether oxygens (including phenoxy) is 1. The number of aromatic hydroxyl groups is 1. The van der Waals surface area contributed by atoms with Gasteiger partial charge in [0.05, 0.1) is 22.2 Å². The number of aromatic nitrogens is 2. The minimum Gasteiger partial charge on any atom is -0.493 e. The molecule has 0 aliphatic heterocycles. The van der Waals surface area contributed by atoms with Crippen LogP contribution < -0.4 is 0 Å². The molecule has 1 saturated carbocycles. The number of hydrogen-bond donors (Lipinski definition) is 1. The van der Waals surface area contributed by atoms with Crippen molar-refractivity contribution in [1.82, 2.24) is 14.7 Å². The Hall–Kier alpha value is -1.94. The van der Waals surface area contributed by atoms with Crippen LogP contribution in [0.4, 0.5) is 0 Å². The fraction of sp³-hybridized carbons (Fsp3) is 0.500. The minimum absolute atomic E-state index is 0.0668. The van der Waals surface area contributed by atoms with Crippen molar-refractivity contribution in [3.05, 3.63) is 39.5 Å². The zero-order chi connectivity index (χ0) is 22.2. The summed E-state index contributed by atoms with van der Waals surface area (Å²) in [6.45, 7) is 1.25. The number of nitrogens with zero attached hydrogens (tertiary/aromatic N) is 3. The first-order chi connectivity index (χ1) is 14.1. The molecule has 1 aromatic heterocycles. The van der Waals surface area contributed by atoms with Crippen LogP contribution in [0.25, 0.3) is 0 Å². The second-order valence-corrected chi connectivity index (χ2v) is 10.1. The molecule has 10 heteroatoms. The van der Waals surface area contributed by atoms with Crippen molar-refractivity contribution in [1.29, 1.82) is 0 Å². The van der Waals surface area contributed by atoms with Gasteiger partial charge in [0.2, 0.25) is 11.7 Å². The number of aryl methyl sites for hydroxylation is 1. The number of ketones is 1. The molecule has 0 saturated heterocycles. The van der Waals surface area contributed by atoms with Crippen LogP contribution in [0.3, 0.4) is 0 Å². The Balaban J connectivity index is 2.08. The van der Waals surface area contributed by atoms with Crippen LogP contribution in [-0.4, -0.2) is 67.6 Å². The van der Waals surface area contributed by atoms with Gasteiger partial charge >= 0.3 is 0 Å². The molecule has 1 aromatic carbocycles. The van der Waals surface area contributed by atoms with Crippen molar-refractivity contribution in [3.8, 4) is 5.88 Å². The number of carbonyl (C=O) groups excluding carboxylic acids is 1. The van der Waals surface area contributed by atoms with Crippen molar-refractivity contribution < 1.29 is 23.1 Å². The third-order valence-electron chi connectivity index (χ3n) is 5.18. The van der Waals surface area contributed by atoms with E-state index in [1.54, 1.807) is 14.2 Å². The van der Waals surface area contributed by atoms with Gasteiger partial charge in [-0.2, -0.15) is 5.10 Å². The average molecular weight is 456 g/mol. The fourth-order valence-corrected chi connectivity index (χ4v) is 4.70. The molecule has 30 heavy (non-hydrogen) atoms. The Morgan fingerprint density at radius 3 is 2.63 bits per heavy atom. The number of hydrogen-bond acceptors (Lipinski definition) is 7. The molecular formula is C20H26ClN3O5S. The van der Waals surface area contributed by atoms with E-state index in [-0.39, 0.29) is 39.4 Å². The number of carbonyl (C=O) groups is 1. The van der Waals surface area contributed by atoms with Crippen LogP contribution in [0.15, 0.2) is 17.0 Å². The van der Waals surface area contributed by atoms with Gasteiger partial charge in [-0.25, -0.2) is 13.1 Å². The normalized spacial score (nSPS) is 14.5. The Kier molecular flexibility index (Phi) is 6.57. The molecule has 164 valence electrons. The van der Waals surface area contributed by atoms with Crippen LogP contribution in [0, 0.1) is 0 Å². The van der Waals surface area contributed by atoms with Gasteiger partial charge in [0.25, 0.3) is 0 Å². The number of halogens is 1. The highest BCUT2D eigenvalue weighted by atomic mass is 35.5. The predicted molar refractivity (Wildman–Crippen MR) is 113 cm³/mol. The Labute approximate surface area is 181 Å². The lowest BCUT2D eigenvalue weighted by Gasteiger charge is -2.20. The molecule has 1 aliphatic carbocycles. The van der Waals surface area contributed by atoms with E-state index in [9.17, 15) is 18.3 Å². The molecule has 1 heterocycles. The molecule has 1 N–H and O–H groups in total. The molecule has 8 nitrogen and oxygen atoms in total. The van der Waals surface area contributed by atoms with E-state index in [1.807, 2.05) is 11.9 Å². The lowest BCUT2D eigenvalue weighted by molar-refractivity contribution is 0.103. The van der Waals surface area contributed by atoms with Gasteiger partial charge in [0, 0.05) is 50.5 Å². The first kappa shape index (κ1) is 22.7. The van der Waals surface area contributed by atoms with Gasteiger partial charge in [0.15, 0.2) is 9.84 Å². The quantitative estimate of drug-likeness (QED) is 0.579. The number of likely N-dealkylation sites (N-methyl/N-ethyl adjacent to an activating group) is 1. The Morgan fingerprint density at radius 2 is 2.07 bits per heavy atom. The van der Waals surface area contributed by atoms with Crippen molar-refractivity contribution in [2.75, 3.05) is 33.6 Å². The first-order valence-electron chi connectivity index (χ1n) is 9.55. The van der Waals surface area contributed by atoms with E-state index >= 15 is 0 Å². The van der Waals surface area contributed by atoms with Crippen molar-refractivity contribution in [2.24, 2.45) is 7.05 Å². The van der Waals surface area contributed by atoms with E-state index < -0.39 is 15.6 Å². The van der Waals surface area contributed by atoms with Gasteiger partial charge in [0.1, 0.15) is 5.56 Å². The Morgan fingerprint density at radius 1 is 1.40 bits per heavy atom. The molecule has 0 unspecified atom stereocenters. The molecule has 0 bridgehead atoms. The molecule has 3 rings (SSSR count). The van der Waals surface area contributed by atoms with Crippen molar-refractivity contribution >= 4 is 27.2 Å². The minimum atomic E-state index is -3.56. The topological polar surface area (TPSA) is 102 Å². The molecule has 1 fully saturated rings. The van der Waals surface area contributed by atoms with E-state index in [1.165, 1.54) is 16.8 Å². The van der Waals surface area contributed by atoms with E-state index in [2.05, 4.69) is 5.10 Å². The predicted octanol–water partition coefficient (Wildman–Crippen LogP) is 2.37. The third-order valence-corrected chi connectivity index (χ3v) is 6.80. The molecule has 0 amide bonds. The van der Waals surface area contributed by atoms with Gasteiger partial charge < -0.3 is 9.84 Å². The maximum Gasteiger partial charge on any atom is 0.220 e. The standard InChI is InChI=1S/C20H26ClN3O5S/c1-23(9-10-29-3)11-14-15(30(4,27)28)8-7-13(17(14)21)19(25)16-18(12-5-6-12)22-24(2)20(16)26/h7-8,12,26H,5-6,9-11H2,1-4H3. The molecule has 2 aromatic rings. The Bertz CT molecular complexity index is 1080. The SMILES string of the molecule is COCCN(C)Cc1c(S(C)(=O)=O)ccc(C(=O)c2c(C3CC3)nn(C)c2O)c1Cl. The van der Waals surface area contributed by atoms with E-state index in [0.717, 1.165) is 19.1 Å². The second kappa shape index (κ2) is 8.66. The maximum atomic E-state index is 13.3. The summed E-state index contributed by atoms with van der Waals surface area (Å²) >= 11 is 6.60. The molecule has 0 atom stereocenters. The van der Waals surface area contributed by atoms with E-state index in [4.69, 9.17) is 16.3 Å². The third kappa shape index (κ3) is 4.54. The smallest absolute Gasteiger partial charge is 0.220 e. The van der Waals surface area contributed by atoms with Crippen LogP contribution in [0.2, 0.25) is 5.02 Å². The summed E-state index contributed by atoms with van der Waals surface area (Å²) in [7, 11) is 1.40. The van der Waals surface area contributed by atoms with Gasteiger partial charge in [-0.05, 0) is 32.0 Å². The molecule has 1 aliphatic rings. The highest BCUT2D eigenvalue weighted by Gasteiger charge is 2.35. The molecule has 0 spiro atoms. The van der Waals surface area contributed by atoms with E-state index in [0.29, 0.717) is 24.4 Å². The molecular weight excluding hydrogens is 430 g/mol. The molecule has 0 radical (unpaired) electrons. The highest BCUT2D eigenvalue weighted by Crippen LogP contribution is 2.44. The lowest BCUT2D eigenvalue weighted by Crippen LogP contribution is -2.24. The fourth-order valence-electron chi connectivity index (χ4n) is 3.40.